The zero-order chi connectivity index (χ0) is 16.8. The molecule has 4 heteroatoms. The molecular weight excluding hydrogens is 288 g/mol. The maximum atomic E-state index is 12.3. The summed E-state index contributed by atoms with van der Waals surface area (Å²) in [5.74, 6) is 1.56. The molecule has 2 rings (SSSR count). The zero-order valence-corrected chi connectivity index (χ0v) is 14.7. The Hall–Kier alpha value is -1.55. The molecule has 23 heavy (non-hydrogen) atoms. The van der Waals surface area contributed by atoms with Crippen molar-refractivity contribution in [2.24, 2.45) is 11.7 Å². The monoisotopic (exact) mass is 318 g/mol. The van der Waals surface area contributed by atoms with E-state index in [0.29, 0.717) is 18.9 Å². The third-order valence-corrected chi connectivity index (χ3v) is 4.84. The molecule has 4 nitrogen and oxygen atoms in total. The maximum absolute atomic E-state index is 12.3. The number of nitrogens with zero attached hydrogens (tertiary/aromatic N) is 1. The Labute approximate surface area is 140 Å². The van der Waals surface area contributed by atoms with Crippen LogP contribution in [0.25, 0.3) is 0 Å². The van der Waals surface area contributed by atoms with Crippen molar-refractivity contribution >= 4 is 5.91 Å². The SMILES string of the molecule is Cc1ccc(OCCCC(=O)N2CCC[C@@H]([C@H](C)N)C2)cc1C. The second kappa shape index (κ2) is 8.34. The van der Waals surface area contributed by atoms with Crippen LogP contribution < -0.4 is 10.5 Å². The number of carbonyl (C=O) groups is 1. The Kier molecular flexibility index (Phi) is 6.46. The molecule has 0 aromatic heterocycles. The molecule has 0 bridgehead atoms. The zero-order valence-electron chi connectivity index (χ0n) is 14.7. The summed E-state index contributed by atoms with van der Waals surface area (Å²) in [5, 5.41) is 0. The van der Waals surface area contributed by atoms with Gasteiger partial charge in [-0.05, 0) is 69.2 Å². The second-order valence-electron chi connectivity index (χ2n) is 6.80. The standard InChI is InChI=1S/C19H30N2O2/c1-14-8-9-18(12-15(14)2)23-11-5-7-19(22)21-10-4-6-17(13-21)16(3)20/h8-9,12,16-17H,4-7,10-11,13,20H2,1-3H3/t16-,17+/m0/s1. The number of likely N-dealkylation sites (tertiary alicyclic amines) is 1. The van der Waals surface area contributed by atoms with E-state index in [1.54, 1.807) is 0 Å². The fraction of sp³-hybridized carbons (Fsp3) is 0.632. The first-order valence-corrected chi connectivity index (χ1v) is 8.71. The Morgan fingerprint density at radius 2 is 2.17 bits per heavy atom. The Balaban J connectivity index is 1.71. The molecule has 1 aliphatic rings. The van der Waals surface area contributed by atoms with Gasteiger partial charge in [-0.3, -0.25) is 4.79 Å². The van der Waals surface area contributed by atoms with E-state index in [2.05, 4.69) is 26.0 Å². The third-order valence-electron chi connectivity index (χ3n) is 4.84. The van der Waals surface area contributed by atoms with Gasteiger partial charge in [-0.15, -0.1) is 0 Å². The summed E-state index contributed by atoms with van der Waals surface area (Å²) < 4.78 is 5.75. The minimum atomic E-state index is 0.165. The smallest absolute Gasteiger partial charge is 0.222 e. The van der Waals surface area contributed by atoms with Gasteiger partial charge in [-0.25, -0.2) is 0 Å². The molecule has 0 aliphatic carbocycles. The molecule has 0 saturated carbocycles. The summed E-state index contributed by atoms with van der Waals surface area (Å²) in [6.07, 6.45) is 3.51. The molecule has 1 fully saturated rings. The highest BCUT2D eigenvalue weighted by atomic mass is 16.5. The van der Waals surface area contributed by atoms with Crippen LogP contribution in [-0.2, 0) is 4.79 Å². The number of rotatable bonds is 6. The van der Waals surface area contributed by atoms with Crippen LogP contribution in [0, 0.1) is 19.8 Å². The van der Waals surface area contributed by atoms with Gasteiger partial charge >= 0.3 is 0 Å². The molecule has 1 aliphatic heterocycles. The van der Waals surface area contributed by atoms with E-state index in [0.717, 1.165) is 38.1 Å². The first kappa shape index (κ1) is 17.8. The number of amides is 1. The van der Waals surface area contributed by atoms with Gasteiger partial charge in [0.15, 0.2) is 0 Å². The predicted octanol–water partition coefficient (Wildman–Crippen LogP) is 3.05. The highest BCUT2D eigenvalue weighted by Gasteiger charge is 2.25. The van der Waals surface area contributed by atoms with Crippen molar-refractivity contribution in [3.63, 3.8) is 0 Å². The summed E-state index contributed by atoms with van der Waals surface area (Å²) in [6.45, 7) is 8.48. The Morgan fingerprint density at radius 1 is 1.39 bits per heavy atom. The van der Waals surface area contributed by atoms with Crippen LogP contribution in [-0.4, -0.2) is 36.5 Å². The molecule has 1 amide bonds. The molecule has 128 valence electrons. The van der Waals surface area contributed by atoms with Crippen LogP contribution in [0.15, 0.2) is 18.2 Å². The van der Waals surface area contributed by atoms with Crippen molar-refractivity contribution < 1.29 is 9.53 Å². The lowest BCUT2D eigenvalue weighted by molar-refractivity contribution is -0.133. The van der Waals surface area contributed by atoms with Crippen LogP contribution >= 0.6 is 0 Å². The number of carbonyl (C=O) groups excluding carboxylic acids is 1. The lowest BCUT2D eigenvalue weighted by Crippen LogP contribution is -2.45. The number of aryl methyl sites for hydroxylation is 2. The normalized spacial score (nSPS) is 19.5. The molecule has 0 spiro atoms. The van der Waals surface area contributed by atoms with E-state index < -0.39 is 0 Å². The first-order valence-electron chi connectivity index (χ1n) is 8.71. The third kappa shape index (κ3) is 5.24. The molecule has 0 unspecified atom stereocenters. The summed E-state index contributed by atoms with van der Waals surface area (Å²) in [7, 11) is 0. The van der Waals surface area contributed by atoms with Crippen LogP contribution in [0.2, 0.25) is 0 Å². The average Bonchev–Trinajstić information content (AvgIpc) is 2.54. The fourth-order valence-electron chi connectivity index (χ4n) is 3.04. The summed E-state index contributed by atoms with van der Waals surface area (Å²) in [4.78, 5) is 14.3. The van der Waals surface area contributed by atoms with Crippen LogP contribution in [0.5, 0.6) is 5.75 Å². The first-order chi connectivity index (χ1) is 11.0. The second-order valence-corrected chi connectivity index (χ2v) is 6.80. The van der Waals surface area contributed by atoms with E-state index in [9.17, 15) is 4.79 Å². The number of benzene rings is 1. The Bertz CT molecular complexity index is 528. The van der Waals surface area contributed by atoms with Crippen LogP contribution in [0.3, 0.4) is 0 Å². The molecule has 2 N–H and O–H groups in total. The van der Waals surface area contributed by atoms with Gasteiger partial charge in [0.1, 0.15) is 5.75 Å². The summed E-state index contributed by atoms with van der Waals surface area (Å²) in [6, 6.07) is 6.27. The van der Waals surface area contributed by atoms with Crippen molar-refractivity contribution in [1.29, 1.82) is 0 Å². The minimum Gasteiger partial charge on any atom is -0.494 e. The van der Waals surface area contributed by atoms with Crippen molar-refractivity contribution in [2.45, 2.75) is 52.5 Å². The molecule has 1 heterocycles. The minimum absolute atomic E-state index is 0.165. The van der Waals surface area contributed by atoms with Gasteiger partial charge in [-0.2, -0.15) is 0 Å². The summed E-state index contributed by atoms with van der Waals surface area (Å²) in [5.41, 5.74) is 8.48. The topological polar surface area (TPSA) is 55.6 Å². The van der Waals surface area contributed by atoms with Crippen molar-refractivity contribution in [1.82, 2.24) is 4.90 Å². The van der Waals surface area contributed by atoms with E-state index in [4.69, 9.17) is 10.5 Å². The van der Waals surface area contributed by atoms with Gasteiger partial charge in [-0.1, -0.05) is 6.07 Å². The number of ether oxygens (including phenoxy) is 1. The van der Waals surface area contributed by atoms with Gasteiger partial charge in [0.05, 0.1) is 6.61 Å². The molecule has 0 radical (unpaired) electrons. The molecule has 1 aromatic rings. The van der Waals surface area contributed by atoms with Gasteiger partial charge in [0.2, 0.25) is 5.91 Å². The van der Waals surface area contributed by atoms with E-state index in [1.807, 2.05) is 17.9 Å². The van der Waals surface area contributed by atoms with Gasteiger partial charge in [0.25, 0.3) is 0 Å². The van der Waals surface area contributed by atoms with E-state index >= 15 is 0 Å². The number of hydrogen-bond acceptors (Lipinski definition) is 3. The number of hydrogen-bond donors (Lipinski definition) is 1. The van der Waals surface area contributed by atoms with E-state index in [1.165, 1.54) is 11.1 Å². The highest BCUT2D eigenvalue weighted by molar-refractivity contribution is 5.76. The summed E-state index contributed by atoms with van der Waals surface area (Å²) >= 11 is 0. The van der Waals surface area contributed by atoms with Crippen molar-refractivity contribution in [2.75, 3.05) is 19.7 Å². The highest BCUT2D eigenvalue weighted by Crippen LogP contribution is 2.20. The van der Waals surface area contributed by atoms with Crippen molar-refractivity contribution in [3.05, 3.63) is 29.3 Å². The largest absolute Gasteiger partial charge is 0.494 e. The lowest BCUT2D eigenvalue weighted by atomic mass is 9.92. The molecule has 1 saturated heterocycles. The molecular formula is C19H30N2O2. The Morgan fingerprint density at radius 3 is 2.87 bits per heavy atom. The maximum Gasteiger partial charge on any atom is 0.222 e. The lowest BCUT2D eigenvalue weighted by Gasteiger charge is -2.34. The van der Waals surface area contributed by atoms with Gasteiger partial charge < -0.3 is 15.4 Å². The number of piperidine rings is 1. The fourth-order valence-corrected chi connectivity index (χ4v) is 3.04. The van der Waals surface area contributed by atoms with E-state index in [-0.39, 0.29) is 11.9 Å². The van der Waals surface area contributed by atoms with Crippen molar-refractivity contribution in [3.8, 4) is 5.75 Å². The molecule has 1 aromatic carbocycles. The number of nitrogens with two attached hydrogens (primary N) is 1. The quantitative estimate of drug-likeness (QED) is 0.820. The molecule has 2 atom stereocenters. The van der Waals surface area contributed by atoms with Gasteiger partial charge in [0, 0.05) is 25.6 Å². The van der Waals surface area contributed by atoms with Crippen LogP contribution in [0.1, 0.15) is 43.7 Å². The predicted molar refractivity (Wildman–Crippen MR) is 93.6 cm³/mol. The van der Waals surface area contributed by atoms with Crippen LogP contribution in [0.4, 0.5) is 0 Å². The average molecular weight is 318 g/mol.